The standard InChI is InChI=1S/C12H15N3O/c1-15(2)8-9-5-3-4-6-10(9)11-7-12(13)16-14-11/h3-7H,8,13H2,1-2H3. The monoisotopic (exact) mass is 217 g/mol. The van der Waals surface area contributed by atoms with Crippen LogP contribution in [0.5, 0.6) is 0 Å². The Kier molecular flexibility index (Phi) is 2.92. The molecule has 2 rings (SSSR count). The second-order valence-electron chi connectivity index (χ2n) is 4.01. The molecule has 0 aliphatic heterocycles. The first-order valence-corrected chi connectivity index (χ1v) is 5.12. The largest absolute Gasteiger partial charge is 0.368 e. The fourth-order valence-electron chi connectivity index (χ4n) is 1.67. The molecule has 0 atom stereocenters. The van der Waals surface area contributed by atoms with Gasteiger partial charge in [-0.25, -0.2) is 0 Å². The van der Waals surface area contributed by atoms with E-state index < -0.39 is 0 Å². The Morgan fingerprint density at radius 3 is 2.69 bits per heavy atom. The highest BCUT2D eigenvalue weighted by Gasteiger charge is 2.09. The molecular weight excluding hydrogens is 202 g/mol. The average molecular weight is 217 g/mol. The predicted octanol–water partition coefficient (Wildman–Crippen LogP) is 1.99. The maximum absolute atomic E-state index is 5.53. The lowest BCUT2D eigenvalue weighted by Crippen LogP contribution is -2.11. The Bertz CT molecular complexity index is 477. The number of nitrogens with two attached hydrogens (primary N) is 1. The minimum absolute atomic E-state index is 0.342. The highest BCUT2D eigenvalue weighted by atomic mass is 16.5. The number of hydrogen-bond donors (Lipinski definition) is 1. The van der Waals surface area contributed by atoms with Crippen molar-refractivity contribution < 1.29 is 4.52 Å². The fraction of sp³-hybridized carbons (Fsp3) is 0.250. The van der Waals surface area contributed by atoms with Crippen LogP contribution in [0.15, 0.2) is 34.9 Å². The van der Waals surface area contributed by atoms with Crippen molar-refractivity contribution in [3.05, 3.63) is 35.9 Å². The van der Waals surface area contributed by atoms with E-state index in [0.29, 0.717) is 5.88 Å². The van der Waals surface area contributed by atoms with E-state index in [1.54, 1.807) is 6.07 Å². The molecule has 0 bridgehead atoms. The van der Waals surface area contributed by atoms with Gasteiger partial charge in [-0.1, -0.05) is 29.4 Å². The molecule has 0 saturated carbocycles. The predicted molar refractivity (Wildman–Crippen MR) is 63.7 cm³/mol. The van der Waals surface area contributed by atoms with Crippen molar-refractivity contribution in [3.8, 4) is 11.3 Å². The van der Waals surface area contributed by atoms with Crippen LogP contribution in [-0.2, 0) is 6.54 Å². The van der Waals surface area contributed by atoms with Crippen molar-refractivity contribution in [2.75, 3.05) is 19.8 Å². The maximum atomic E-state index is 5.53. The van der Waals surface area contributed by atoms with Crippen LogP contribution in [0.1, 0.15) is 5.56 Å². The van der Waals surface area contributed by atoms with Gasteiger partial charge in [0.15, 0.2) is 0 Å². The van der Waals surface area contributed by atoms with Gasteiger partial charge in [0.1, 0.15) is 5.69 Å². The van der Waals surface area contributed by atoms with Crippen molar-refractivity contribution in [3.63, 3.8) is 0 Å². The minimum atomic E-state index is 0.342. The van der Waals surface area contributed by atoms with Crippen LogP contribution in [0.3, 0.4) is 0 Å². The third-order valence-electron chi connectivity index (χ3n) is 2.31. The zero-order chi connectivity index (χ0) is 11.5. The fourth-order valence-corrected chi connectivity index (χ4v) is 1.67. The summed E-state index contributed by atoms with van der Waals surface area (Å²) in [6.07, 6.45) is 0. The van der Waals surface area contributed by atoms with Gasteiger partial charge in [0.25, 0.3) is 0 Å². The summed E-state index contributed by atoms with van der Waals surface area (Å²) < 4.78 is 4.89. The van der Waals surface area contributed by atoms with Gasteiger partial charge in [0.05, 0.1) is 0 Å². The van der Waals surface area contributed by atoms with Crippen molar-refractivity contribution in [1.29, 1.82) is 0 Å². The number of nitrogen functional groups attached to an aromatic ring is 1. The Hall–Kier alpha value is -1.81. The van der Waals surface area contributed by atoms with E-state index in [-0.39, 0.29) is 0 Å². The first-order chi connectivity index (χ1) is 7.66. The van der Waals surface area contributed by atoms with Crippen molar-refractivity contribution in [1.82, 2.24) is 10.1 Å². The molecule has 0 saturated heterocycles. The lowest BCUT2D eigenvalue weighted by molar-refractivity contribution is 0.402. The maximum Gasteiger partial charge on any atom is 0.222 e. The topological polar surface area (TPSA) is 55.3 Å². The molecule has 4 nitrogen and oxygen atoms in total. The van der Waals surface area contributed by atoms with E-state index in [0.717, 1.165) is 17.8 Å². The van der Waals surface area contributed by atoms with Crippen LogP contribution in [0.2, 0.25) is 0 Å². The number of hydrogen-bond acceptors (Lipinski definition) is 4. The summed E-state index contributed by atoms with van der Waals surface area (Å²) in [6, 6.07) is 9.86. The molecule has 1 aromatic heterocycles. The average Bonchev–Trinajstić information content (AvgIpc) is 2.65. The molecule has 1 heterocycles. The molecule has 0 fully saturated rings. The molecule has 0 unspecified atom stereocenters. The van der Waals surface area contributed by atoms with Crippen molar-refractivity contribution >= 4 is 5.88 Å². The minimum Gasteiger partial charge on any atom is -0.368 e. The molecule has 16 heavy (non-hydrogen) atoms. The summed E-state index contributed by atoms with van der Waals surface area (Å²) in [5, 5.41) is 3.94. The van der Waals surface area contributed by atoms with E-state index in [4.69, 9.17) is 10.3 Å². The van der Waals surface area contributed by atoms with Gasteiger partial charge in [0.2, 0.25) is 5.88 Å². The molecule has 0 amide bonds. The van der Waals surface area contributed by atoms with Crippen molar-refractivity contribution in [2.24, 2.45) is 0 Å². The first kappa shape index (κ1) is 10.7. The van der Waals surface area contributed by atoms with Crippen LogP contribution < -0.4 is 5.73 Å². The van der Waals surface area contributed by atoms with Crippen LogP contribution >= 0.6 is 0 Å². The Morgan fingerprint density at radius 1 is 1.31 bits per heavy atom. The number of nitrogens with zero attached hydrogens (tertiary/aromatic N) is 2. The molecule has 2 N–H and O–H groups in total. The Labute approximate surface area is 94.6 Å². The Balaban J connectivity index is 2.40. The zero-order valence-corrected chi connectivity index (χ0v) is 9.47. The summed E-state index contributed by atoms with van der Waals surface area (Å²) in [7, 11) is 4.07. The van der Waals surface area contributed by atoms with E-state index in [9.17, 15) is 0 Å². The molecule has 1 aromatic carbocycles. The lowest BCUT2D eigenvalue weighted by atomic mass is 10.0. The second kappa shape index (κ2) is 4.37. The van der Waals surface area contributed by atoms with Gasteiger partial charge in [-0.3, -0.25) is 0 Å². The normalized spacial score (nSPS) is 10.9. The van der Waals surface area contributed by atoms with Gasteiger partial charge in [-0.2, -0.15) is 0 Å². The van der Waals surface area contributed by atoms with Crippen LogP contribution in [0, 0.1) is 0 Å². The molecule has 0 aliphatic rings. The van der Waals surface area contributed by atoms with E-state index in [2.05, 4.69) is 16.1 Å². The van der Waals surface area contributed by atoms with E-state index in [1.807, 2.05) is 32.3 Å². The third kappa shape index (κ3) is 2.23. The summed E-state index contributed by atoms with van der Waals surface area (Å²) in [4.78, 5) is 2.11. The van der Waals surface area contributed by atoms with Crippen LogP contribution in [0.25, 0.3) is 11.3 Å². The summed E-state index contributed by atoms with van der Waals surface area (Å²) in [5.41, 5.74) is 8.59. The van der Waals surface area contributed by atoms with Gasteiger partial charge in [0, 0.05) is 18.2 Å². The van der Waals surface area contributed by atoms with Gasteiger partial charge in [-0.15, -0.1) is 0 Å². The molecule has 0 aliphatic carbocycles. The smallest absolute Gasteiger partial charge is 0.222 e. The number of rotatable bonds is 3. The molecule has 4 heteroatoms. The number of benzene rings is 1. The van der Waals surface area contributed by atoms with Gasteiger partial charge >= 0.3 is 0 Å². The second-order valence-corrected chi connectivity index (χ2v) is 4.01. The third-order valence-corrected chi connectivity index (χ3v) is 2.31. The summed E-state index contributed by atoms with van der Waals surface area (Å²) >= 11 is 0. The van der Waals surface area contributed by atoms with E-state index in [1.165, 1.54) is 5.56 Å². The molecular formula is C12H15N3O. The van der Waals surface area contributed by atoms with Gasteiger partial charge < -0.3 is 15.2 Å². The highest BCUT2D eigenvalue weighted by Crippen LogP contribution is 2.24. The molecule has 0 radical (unpaired) electrons. The SMILES string of the molecule is CN(C)Cc1ccccc1-c1cc(N)on1. The zero-order valence-electron chi connectivity index (χ0n) is 9.47. The first-order valence-electron chi connectivity index (χ1n) is 5.12. The molecule has 0 spiro atoms. The summed E-state index contributed by atoms with van der Waals surface area (Å²) in [6.45, 7) is 0.864. The Morgan fingerprint density at radius 2 is 2.06 bits per heavy atom. The van der Waals surface area contributed by atoms with Crippen LogP contribution in [0.4, 0.5) is 5.88 Å². The van der Waals surface area contributed by atoms with E-state index >= 15 is 0 Å². The van der Waals surface area contributed by atoms with Gasteiger partial charge in [-0.05, 0) is 19.7 Å². The van der Waals surface area contributed by atoms with Crippen LogP contribution in [-0.4, -0.2) is 24.2 Å². The lowest BCUT2D eigenvalue weighted by Gasteiger charge is -2.12. The summed E-state index contributed by atoms with van der Waals surface area (Å²) in [5.74, 6) is 0.342. The molecule has 2 aromatic rings. The highest BCUT2D eigenvalue weighted by molar-refractivity contribution is 5.65. The number of anilines is 1. The quantitative estimate of drug-likeness (QED) is 0.854. The number of aromatic nitrogens is 1. The van der Waals surface area contributed by atoms with Crippen molar-refractivity contribution in [2.45, 2.75) is 6.54 Å². The molecule has 84 valence electrons.